The number of hydrogen-bond donors (Lipinski definition) is 2. The lowest BCUT2D eigenvalue weighted by Crippen LogP contribution is -2.38. The van der Waals surface area contributed by atoms with Crippen molar-refractivity contribution in [3.8, 4) is 0 Å². The molecule has 2 heterocycles. The summed E-state index contributed by atoms with van der Waals surface area (Å²) >= 11 is 0. The Hall–Kier alpha value is -0.790. The molecule has 1 aromatic heterocycles. The smallest absolute Gasteiger partial charge is 0.191 e. The van der Waals surface area contributed by atoms with Gasteiger partial charge in [-0.25, -0.2) is 0 Å². The molecule has 0 bridgehead atoms. The number of aryl methyl sites for hydroxylation is 1. The van der Waals surface area contributed by atoms with Crippen LogP contribution in [0.2, 0.25) is 0 Å². The van der Waals surface area contributed by atoms with Crippen LogP contribution in [0.25, 0.3) is 0 Å². The molecule has 1 aromatic rings. The van der Waals surface area contributed by atoms with Crippen molar-refractivity contribution in [3.63, 3.8) is 0 Å². The number of hydrogen-bond acceptors (Lipinski definition) is 4. The van der Waals surface area contributed by atoms with Crippen LogP contribution < -0.4 is 10.6 Å². The zero-order valence-corrected chi connectivity index (χ0v) is 11.9. The zero-order chi connectivity index (χ0) is 10.7. The Morgan fingerprint density at radius 2 is 2.44 bits per heavy atom. The van der Waals surface area contributed by atoms with Crippen molar-refractivity contribution in [1.82, 2.24) is 20.4 Å². The molecule has 90 valence electrons. The minimum Gasteiger partial charge on any atom is -0.356 e. The summed E-state index contributed by atoms with van der Waals surface area (Å²) in [5.74, 6) is 0.923. The Bertz CT molecular complexity index is 360. The van der Waals surface area contributed by atoms with E-state index >= 15 is 0 Å². The number of aromatic nitrogens is 2. The second-order valence-electron chi connectivity index (χ2n) is 3.93. The van der Waals surface area contributed by atoms with E-state index in [0.717, 1.165) is 25.5 Å². The first-order chi connectivity index (χ1) is 7.24. The highest BCUT2D eigenvalue weighted by molar-refractivity contribution is 14.0. The van der Waals surface area contributed by atoms with Crippen molar-refractivity contribution in [2.24, 2.45) is 12.0 Å². The van der Waals surface area contributed by atoms with Crippen molar-refractivity contribution >= 4 is 29.9 Å². The zero-order valence-electron chi connectivity index (χ0n) is 9.60. The largest absolute Gasteiger partial charge is 0.356 e. The fourth-order valence-corrected chi connectivity index (χ4v) is 1.59. The van der Waals surface area contributed by atoms with Gasteiger partial charge in [-0.05, 0) is 18.9 Å². The molecule has 0 saturated heterocycles. The molecule has 6 heteroatoms. The molecule has 0 saturated carbocycles. The SMILES string of the molecule is CC1CN=C(NCCc2cnn(C)c2)N1.I. The average molecular weight is 335 g/mol. The summed E-state index contributed by atoms with van der Waals surface area (Å²) in [4.78, 5) is 4.33. The third-order valence-corrected chi connectivity index (χ3v) is 2.37. The molecule has 1 atom stereocenters. The maximum absolute atomic E-state index is 4.33. The number of rotatable bonds is 3. The van der Waals surface area contributed by atoms with E-state index < -0.39 is 0 Å². The van der Waals surface area contributed by atoms with Crippen LogP contribution in [0.15, 0.2) is 17.4 Å². The van der Waals surface area contributed by atoms with Gasteiger partial charge in [0, 0.05) is 25.8 Å². The van der Waals surface area contributed by atoms with E-state index in [1.165, 1.54) is 5.56 Å². The fourth-order valence-electron chi connectivity index (χ4n) is 1.59. The van der Waals surface area contributed by atoms with Gasteiger partial charge >= 0.3 is 0 Å². The molecule has 1 aliphatic rings. The first-order valence-electron chi connectivity index (χ1n) is 5.26. The molecule has 1 aliphatic heterocycles. The van der Waals surface area contributed by atoms with Crippen LogP contribution in [-0.4, -0.2) is 34.9 Å². The lowest BCUT2D eigenvalue weighted by molar-refractivity contribution is 0.712. The van der Waals surface area contributed by atoms with Gasteiger partial charge in [0.05, 0.1) is 12.7 Å². The van der Waals surface area contributed by atoms with Gasteiger partial charge in [-0.15, -0.1) is 24.0 Å². The van der Waals surface area contributed by atoms with E-state index in [4.69, 9.17) is 0 Å². The second-order valence-corrected chi connectivity index (χ2v) is 3.93. The van der Waals surface area contributed by atoms with Crippen LogP contribution in [0.1, 0.15) is 12.5 Å². The van der Waals surface area contributed by atoms with Gasteiger partial charge < -0.3 is 10.6 Å². The third kappa shape index (κ3) is 3.66. The molecule has 2 N–H and O–H groups in total. The van der Waals surface area contributed by atoms with Crippen LogP contribution in [0.5, 0.6) is 0 Å². The molecule has 0 radical (unpaired) electrons. The maximum atomic E-state index is 4.33. The van der Waals surface area contributed by atoms with Gasteiger partial charge in [0.25, 0.3) is 0 Å². The second kappa shape index (κ2) is 6.07. The Balaban J connectivity index is 0.00000128. The summed E-state index contributed by atoms with van der Waals surface area (Å²) in [6.45, 7) is 3.89. The number of halogens is 1. The van der Waals surface area contributed by atoms with Gasteiger partial charge in [0.1, 0.15) is 0 Å². The number of aliphatic imine (C=N–C) groups is 1. The molecule has 2 rings (SSSR count). The van der Waals surface area contributed by atoms with Gasteiger partial charge in [-0.2, -0.15) is 5.10 Å². The van der Waals surface area contributed by atoms with Crippen molar-refractivity contribution < 1.29 is 0 Å². The van der Waals surface area contributed by atoms with Crippen LogP contribution in [-0.2, 0) is 13.5 Å². The lowest BCUT2D eigenvalue weighted by Gasteiger charge is -2.07. The van der Waals surface area contributed by atoms with Crippen molar-refractivity contribution in [1.29, 1.82) is 0 Å². The summed E-state index contributed by atoms with van der Waals surface area (Å²) in [5.41, 5.74) is 1.25. The summed E-state index contributed by atoms with van der Waals surface area (Å²) in [6, 6.07) is 0.464. The van der Waals surface area contributed by atoms with Crippen LogP contribution in [0, 0.1) is 0 Å². The van der Waals surface area contributed by atoms with E-state index in [1.54, 1.807) is 0 Å². The van der Waals surface area contributed by atoms with E-state index in [2.05, 4.69) is 27.6 Å². The first kappa shape index (κ1) is 13.3. The van der Waals surface area contributed by atoms with Crippen LogP contribution in [0.3, 0.4) is 0 Å². The minimum absolute atomic E-state index is 0. The molecule has 0 fully saturated rings. The quantitative estimate of drug-likeness (QED) is 0.792. The fraction of sp³-hybridized carbons (Fsp3) is 0.600. The van der Waals surface area contributed by atoms with Crippen molar-refractivity contribution in [2.45, 2.75) is 19.4 Å². The Morgan fingerprint density at radius 1 is 1.62 bits per heavy atom. The maximum Gasteiger partial charge on any atom is 0.191 e. The third-order valence-electron chi connectivity index (χ3n) is 2.37. The van der Waals surface area contributed by atoms with E-state index in [9.17, 15) is 0 Å². The Labute approximate surface area is 113 Å². The first-order valence-corrected chi connectivity index (χ1v) is 5.26. The predicted molar refractivity (Wildman–Crippen MR) is 75.2 cm³/mol. The summed E-state index contributed by atoms with van der Waals surface area (Å²) in [7, 11) is 1.93. The van der Waals surface area contributed by atoms with Gasteiger partial charge in [-0.3, -0.25) is 9.67 Å². The average Bonchev–Trinajstić information content (AvgIpc) is 2.76. The topological polar surface area (TPSA) is 54.2 Å². The van der Waals surface area contributed by atoms with E-state index in [1.807, 2.05) is 24.1 Å². The monoisotopic (exact) mass is 335 g/mol. The van der Waals surface area contributed by atoms with E-state index in [-0.39, 0.29) is 24.0 Å². The molecule has 0 aliphatic carbocycles. The Morgan fingerprint density at radius 3 is 3.00 bits per heavy atom. The molecule has 0 spiro atoms. The van der Waals surface area contributed by atoms with Crippen molar-refractivity contribution in [2.75, 3.05) is 13.1 Å². The highest BCUT2D eigenvalue weighted by atomic mass is 127. The Kier molecular flexibility index (Phi) is 5.04. The number of nitrogens with one attached hydrogen (secondary N) is 2. The van der Waals surface area contributed by atoms with Gasteiger partial charge in [0.2, 0.25) is 0 Å². The van der Waals surface area contributed by atoms with Gasteiger partial charge in [0.15, 0.2) is 5.96 Å². The molecule has 0 aromatic carbocycles. The normalized spacial score (nSPS) is 18.6. The molecule has 16 heavy (non-hydrogen) atoms. The molecular weight excluding hydrogens is 317 g/mol. The lowest BCUT2D eigenvalue weighted by atomic mass is 10.2. The molecular formula is C10H18IN5. The molecule has 1 unspecified atom stereocenters. The summed E-state index contributed by atoms with van der Waals surface area (Å²) < 4.78 is 1.82. The van der Waals surface area contributed by atoms with Crippen molar-refractivity contribution in [3.05, 3.63) is 18.0 Å². The molecule has 0 amide bonds. The highest BCUT2D eigenvalue weighted by Crippen LogP contribution is 1.97. The minimum atomic E-state index is 0. The van der Waals surface area contributed by atoms with E-state index in [0.29, 0.717) is 6.04 Å². The van der Waals surface area contributed by atoms with Crippen LogP contribution in [0.4, 0.5) is 0 Å². The van der Waals surface area contributed by atoms with Gasteiger partial charge in [-0.1, -0.05) is 0 Å². The predicted octanol–water partition coefficient (Wildman–Crippen LogP) is 0.518. The highest BCUT2D eigenvalue weighted by Gasteiger charge is 2.11. The number of nitrogens with zero attached hydrogens (tertiary/aromatic N) is 3. The number of guanidine groups is 1. The summed E-state index contributed by atoms with van der Waals surface area (Å²) in [6.07, 6.45) is 4.91. The standard InChI is InChI=1S/C10H17N5.HI/c1-8-5-12-10(14-8)11-4-3-9-6-13-15(2)7-9;/h6-8H,3-5H2,1-2H3,(H2,11,12,14);1H. The molecule has 5 nitrogen and oxygen atoms in total. The van der Waals surface area contributed by atoms with Crippen LogP contribution >= 0.6 is 24.0 Å². The summed E-state index contributed by atoms with van der Waals surface area (Å²) in [5, 5.41) is 10.7.